The minimum atomic E-state index is -0.957. The molecular weight excluding hydrogens is 531 g/mol. The second-order valence-electron chi connectivity index (χ2n) is 8.72. The molecule has 1 atom stereocenters. The zero-order chi connectivity index (χ0) is 26.4. The molecule has 5 rings (SSSR count). The molecule has 0 saturated carbocycles. The van der Waals surface area contributed by atoms with E-state index < -0.39 is 17.7 Å². The smallest absolute Gasteiger partial charge is 0.301 e. The maximum absolute atomic E-state index is 13.5. The fourth-order valence-corrected chi connectivity index (χ4v) is 5.74. The van der Waals surface area contributed by atoms with Crippen LogP contribution in [0.2, 0.25) is 10.0 Å². The van der Waals surface area contributed by atoms with Gasteiger partial charge in [0.25, 0.3) is 5.78 Å². The maximum Gasteiger partial charge on any atom is 0.301 e. The highest BCUT2D eigenvalue weighted by Crippen LogP contribution is 2.45. The number of ether oxygens (including phenoxy) is 1. The molecule has 37 heavy (non-hydrogen) atoms. The third kappa shape index (κ3) is 4.48. The number of nitrogens with zero attached hydrogens (tertiary/aromatic N) is 2. The number of carbonyl (C=O) groups is 2. The van der Waals surface area contributed by atoms with Crippen molar-refractivity contribution in [3.05, 3.63) is 92.5 Å². The van der Waals surface area contributed by atoms with Crippen molar-refractivity contribution < 1.29 is 19.4 Å². The summed E-state index contributed by atoms with van der Waals surface area (Å²) in [5, 5.41) is 12.4. The Morgan fingerprint density at radius 2 is 1.84 bits per heavy atom. The summed E-state index contributed by atoms with van der Waals surface area (Å²) in [6.07, 6.45) is 0. The largest absolute Gasteiger partial charge is 0.507 e. The first kappa shape index (κ1) is 25.3. The van der Waals surface area contributed by atoms with Crippen LogP contribution in [-0.4, -0.2) is 28.4 Å². The standard InChI is InChI=1S/C28H22Cl2N2O4S/c1-4-36-17-8-10-21-22(13-17)37-28(31-21)32-24(16-7-9-19(29)20(30)12-16)23(26(34)27(32)35)25(33)18-11-14(2)5-6-15(18)3/h5-13,24,33H,4H2,1-3H3/b25-23+. The SMILES string of the molecule is CCOc1ccc2nc(N3C(=O)C(=O)/C(=C(/O)c4cc(C)ccc4C)C3c3ccc(Cl)c(Cl)c3)sc2c1. The molecule has 4 aromatic rings. The van der Waals surface area contributed by atoms with Crippen molar-refractivity contribution in [2.45, 2.75) is 26.8 Å². The Hall–Kier alpha value is -3.39. The van der Waals surface area contributed by atoms with Crippen LogP contribution in [0, 0.1) is 13.8 Å². The lowest BCUT2D eigenvalue weighted by Gasteiger charge is -2.23. The van der Waals surface area contributed by atoms with Crippen molar-refractivity contribution in [1.82, 2.24) is 4.98 Å². The van der Waals surface area contributed by atoms with Crippen molar-refractivity contribution in [2.75, 3.05) is 11.5 Å². The topological polar surface area (TPSA) is 79.7 Å². The number of aryl methyl sites for hydroxylation is 2. The number of aliphatic hydroxyl groups excluding tert-OH is 1. The molecule has 0 aliphatic carbocycles. The quantitative estimate of drug-likeness (QED) is 0.160. The summed E-state index contributed by atoms with van der Waals surface area (Å²) >= 11 is 13.8. The van der Waals surface area contributed by atoms with Crippen molar-refractivity contribution >= 4 is 67.3 Å². The summed E-state index contributed by atoms with van der Waals surface area (Å²) in [6.45, 7) is 6.14. The number of anilines is 1. The van der Waals surface area contributed by atoms with Crippen molar-refractivity contribution in [3.63, 3.8) is 0 Å². The lowest BCUT2D eigenvalue weighted by atomic mass is 9.93. The van der Waals surface area contributed by atoms with Gasteiger partial charge in [0.1, 0.15) is 11.5 Å². The summed E-state index contributed by atoms with van der Waals surface area (Å²) in [4.78, 5) is 32.9. The highest BCUT2D eigenvalue weighted by Gasteiger charge is 2.48. The first-order valence-corrected chi connectivity index (χ1v) is 13.1. The predicted molar refractivity (Wildman–Crippen MR) is 148 cm³/mol. The summed E-state index contributed by atoms with van der Waals surface area (Å²) in [5.41, 5.74) is 3.30. The van der Waals surface area contributed by atoms with E-state index in [1.165, 1.54) is 16.2 Å². The molecular formula is C28H22Cl2N2O4S. The molecule has 1 aliphatic rings. The number of ketones is 1. The number of aliphatic hydroxyl groups is 1. The first-order valence-electron chi connectivity index (χ1n) is 11.6. The van der Waals surface area contributed by atoms with Crippen LogP contribution in [-0.2, 0) is 9.59 Å². The van der Waals surface area contributed by atoms with E-state index in [0.717, 1.165) is 15.8 Å². The normalized spacial score (nSPS) is 17.1. The van der Waals surface area contributed by atoms with Gasteiger partial charge in [-0.05, 0) is 68.3 Å². The molecule has 2 heterocycles. The molecule has 1 aromatic heterocycles. The first-order chi connectivity index (χ1) is 17.7. The van der Waals surface area contributed by atoms with Gasteiger partial charge >= 0.3 is 5.91 Å². The van der Waals surface area contributed by atoms with Gasteiger partial charge in [-0.3, -0.25) is 14.5 Å². The van der Waals surface area contributed by atoms with Crippen LogP contribution in [0.15, 0.2) is 60.2 Å². The molecule has 1 aliphatic heterocycles. The number of benzene rings is 3. The molecule has 9 heteroatoms. The minimum absolute atomic E-state index is 0.0358. The van der Waals surface area contributed by atoms with Gasteiger partial charge in [-0.15, -0.1) is 0 Å². The van der Waals surface area contributed by atoms with Gasteiger partial charge in [0.15, 0.2) is 5.13 Å². The van der Waals surface area contributed by atoms with E-state index in [1.54, 1.807) is 36.4 Å². The highest BCUT2D eigenvalue weighted by atomic mass is 35.5. The second kappa shape index (κ2) is 9.82. The Morgan fingerprint density at radius 3 is 2.57 bits per heavy atom. The van der Waals surface area contributed by atoms with Crippen LogP contribution in [0.4, 0.5) is 5.13 Å². The molecule has 3 aromatic carbocycles. The molecule has 0 spiro atoms. The zero-order valence-electron chi connectivity index (χ0n) is 20.2. The van der Waals surface area contributed by atoms with Crippen LogP contribution < -0.4 is 9.64 Å². The average molecular weight is 553 g/mol. The van der Waals surface area contributed by atoms with Gasteiger partial charge in [-0.2, -0.15) is 0 Å². The maximum atomic E-state index is 13.5. The molecule has 0 bridgehead atoms. The molecule has 0 radical (unpaired) electrons. The molecule has 1 fully saturated rings. The number of thiazole rings is 1. The number of Topliss-reactive ketones (excluding diaryl/α,β-unsaturated/α-hetero) is 1. The lowest BCUT2D eigenvalue weighted by Crippen LogP contribution is -2.29. The Labute approximate surface area is 227 Å². The van der Waals surface area contributed by atoms with E-state index in [0.29, 0.717) is 39.2 Å². The lowest BCUT2D eigenvalue weighted by molar-refractivity contribution is -0.132. The molecule has 1 N–H and O–H groups in total. The van der Waals surface area contributed by atoms with Crippen LogP contribution >= 0.6 is 34.5 Å². The number of amides is 1. The third-order valence-electron chi connectivity index (χ3n) is 6.22. The Bertz CT molecular complexity index is 1610. The van der Waals surface area contributed by atoms with E-state index >= 15 is 0 Å². The number of rotatable bonds is 5. The molecule has 1 amide bonds. The van der Waals surface area contributed by atoms with Crippen LogP contribution in [0.25, 0.3) is 16.0 Å². The van der Waals surface area contributed by atoms with Gasteiger partial charge in [-0.25, -0.2) is 4.98 Å². The highest BCUT2D eigenvalue weighted by molar-refractivity contribution is 7.22. The summed E-state index contributed by atoms with van der Waals surface area (Å²) in [5.74, 6) is -1.16. The number of hydrogen-bond acceptors (Lipinski definition) is 6. The van der Waals surface area contributed by atoms with Gasteiger partial charge in [0, 0.05) is 5.56 Å². The fraction of sp³-hybridized carbons (Fsp3) is 0.179. The van der Waals surface area contributed by atoms with Crippen molar-refractivity contribution in [2.24, 2.45) is 0 Å². The fourth-order valence-electron chi connectivity index (χ4n) is 4.42. The Morgan fingerprint density at radius 1 is 1.05 bits per heavy atom. The predicted octanol–water partition coefficient (Wildman–Crippen LogP) is 7.24. The van der Waals surface area contributed by atoms with E-state index in [1.807, 2.05) is 39.0 Å². The van der Waals surface area contributed by atoms with E-state index in [-0.39, 0.29) is 16.4 Å². The van der Waals surface area contributed by atoms with Crippen molar-refractivity contribution in [1.29, 1.82) is 0 Å². The van der Waals surface area contributed by atoms with Crippen LogP contribution in [0.1, 0.15) is 35.2 Å². The molecule has 6 nitrogen and oxygen atoms in total. The summed E-state index contributed by atoms with van der Waals surface area (Å²) in [6, 6.07) is 15.0. The minimum Gasteiger partial charge on any atom is -0.507 e. The average Bonchev–Trinajstić information content (AvgIpc) is 3.40. The Balaban J connectivity index is 1.74. The molecule has 1 saturated heterocycles. The third-order valence-corrected chi connectivity index (χ3v) is 7.97. The van der Waals surface area contributed by atoms with Gasteiger partial charge < -0.3 is 9.84 Å². The van der Waals surface area contributed by atoms with Gasteiger partial charge in [0.2, 0.25) is 0 Å². The summed E-state index contributed by atoms with van der Waals surface area (Å²) < 4.78 is 6.39. The van der Waals surface area contributed by atoms with E-state index in [2.05, 4.69) is 4.98 Å². The number of carbonyl (C=O) groups excluding carboxylic acids is 2. The number of hydrogen-bond donors (Lipinski definition) is 1. The monoisotopic (exact) mass is 552 g/mol. The molecule has 1 unspecified atom stereocenters. The number of fused-ring (bicyclic) bond motifs is 1. The van der Waals surface area contributed by atoms with Crippen molar-refractivity contribution in [3.8, 4) is 5.75 Å². The number of aromatic nitrogens is 1. The molecule has 188 valence electrons. The van der Waals surface area contributed by atoms with Gasteiger partial charge in [0.05, 0.1) is 38.5 Å². The second-order valence-corrected chi connectivity index (χ2v) is 10.5. The van der Waals surface area contributed by atoms with Crippen LogP contribution in [0.3, 0.4) is 0 Å². The number of halogens is 2. The zero-order valence-corrected chi connectivity index (χ0v) is 22.5. The summed E-state index contributed by atoms with van der Waals surface area (Å²) in [7, 11) is 0. The van der Waals surface area contributed by atoms with Crippen LogP contribution in [0.5, 0.6) is 5.75 Å². The van der Waals surface area contributed by atoms with E-state index in [4.69, 9.17) is 27.9 Å². The Kier molecular flexibility index (Phi) is 6.70. The van der Waals surface area contributed by atoms with E-state index in [9.17, 15) is 14.7 Å². The van der Waals surface area contributed by atoms with Gasteiger partial charge in [-0.1, -0.05) is 58.3 Å².